The Kier molecular flexibility index (Phi) is 3.07. The van der Waals surface area contributed by atoms with Crippen LogP contribution in [0.3, 0.4) is 0 Å². The first-order valence-corrected chi connectivity index (χ1v) is 4.99. The van der Waals surface area contributed by atoms with Crippen molar-refractivity contribution in [3.8, 4) is 5.75 Å². The van der Waals surface area contributed by atoms with Crippen LogP contribution in [0.15, 0.2) is 18.2 Å². The number of hydrogen-bond acceptors (Lipinski definition) is 2. The van der Waals surface area contributed by atoms with Crippen LogP contribution in [0.25, 0.3) is 0 Å². The van der Waals surface area contributed by atoms with Gasteiger partial charge in [0.25, 0.3) is 0 Å². The van der Waals surface area contributed by atoms with Crippen molar-refractivity contribution in [3.05, 3.63) is 28.8 Å². The molecule has 1 aliphatic heterocycles. The molecule has 1 N–H and O–H groups in total. The molecule has 1 aromatic carbocycles. The highest BCUT2D eigenvalue weighted by atomic mass is 35.5. The van der Waals surface area contributed by atoms with Crippen LogP contribution in [0.1, 0.15) is 11.5 Å². The Bertz CT molecular complexity index is 355. The van der Waals surface area contributed by atoms with Gasteiger partial charge in [-0.15, -0.1) is 0 Å². The highest BCUT2D eigenvalue weighted by molar-refractivity contribution is 6.32. The van der Waals surface area contributed by atoms with Gasteiger partial charge < -0.3 is 10.1 Å². The Hall–Kier alpha value is -0.870. The Morgan fingerprint density at radius 3 is 2.60 bits per heavy atom. The van der Waals surface area contributed by atoms with Gasteiger partial charge in [-0.2, -0.15) is 8.78 Å². The van der Waals surface area contributed by atoms with Crippen LogP contribution in [-0.2, 0) is 0 Å². The summed E-state index contributed by atoms with van der Waals surface area (Å²) in [6, 6.07) is 4.95. The summed E-state index contributed by atoms with van der Waals surface area (Å²) < 4.78 is 28.1. The summed E-state index contributed by atoms with van der Waals surface area (Å²) in [6.07, 6.45) is 0. The third kappa shape index (κ3) is 2.38. The maximum absolute atomic E-state index is 11.9. The van der Waals surface area contributed by atoms with Crippen LogP contribution < -0.4 is 10.1 Å². The third-order valence-corrected chi connectivity index (χ3v) is 2.72. The van der Waals surface area contributed by atoms with E-state index < -0.39 is 6.61 Å². The van der Waals surface area contributed by atoms with Crippen LogP contribution in [0.5, 0.6) is 5.75 Å². The normalized spacial score (nSPS) is 16.5. The van der Waals surface area contributed by atoms with Gasteiger partial charge >= 0.3 is 6.61 Å². The lowest BCUT2D eigenvalue weighted by Gasteiger charge is -2.27. The predicted octanol–water partition coefficient (Wildman–Crippen LogP) is 2.63. The SMILES string of the molecule is FC(F)Oc1ccc(C2CNC2)cc1Cl. The average Bonchev–Trinajstić information content (AvgIpc) is 2.06. The fourth-order valence-corrected chi connectivity index (χ4v) is 1.72. The molecule has 0 spiro atoms. The smallest absolute Gasteiger partial charge is 0.387 e. The Morgan fingerprint density at radius 2 is 2.13 bits per heavy atom. The molecule has 0 unspecified atom stereocenters. The molecule has 1 aliphatic rings. The van der Waals surface area contributed by atoms with E-state index >= 15 is 0 Å². The van der Waals surface area contributed by atoms with E-state index in [0.717, 1.165) is 18.7 Å². The Labute approximate surface area is 91.2 Å². The number of rotatable bonds is 3. The van der Waals surface area contributed by atoms with Crippen molar-refractivity contribution in [1.29, 1.82) is 0 Å². The van der Waals surface area contributed by atoms with E-state index in [4.69, 9.17) is 11.6 Å². The number of alkyl halides is 2. The number of ether oxygens (including phenoxy) is 1. The zero-order valence-electron chi connectivity index (χ0n) is 7.84. The van der Waals surface area contributed by atoms with Gasteiger partial charge in [0.2, 0.25) is 0 Å². The summed E-state index contributed by atoms with van der Waals surface area (Å²) in [4.78, 5) is 0. The summed E-state index contributed by atoms with van der Waals surface area (Å²) in [5.74, 6) is 0.464. The maximum atomic E-state index is 11.9. The fourth-order valence-electron chi connectivity index (χ4n) is 1.49. The number of hydrogen-bond donors (Lipinski definition) is 1. The molecule has 5 heteroatoms. The molecule has 0 aromatic heterocycles. The molecule has 0 bridgehead atoms. The molecule has 0 amide bonds. The van der Waals surface area contributed by atoms with Gasteiger partial charge in [-0.1, -0.05) is 17.7 Å². The van der Waals surface area contributed by atoms with E-state index in [-0.39, 0.29) is 10.8 Å². The van der Waals surface area contributed by atoms with Crippen LogP contribution in [0, 0.1) is 0 Å². The monoisotopic (exact) mass is 233 g/mol. The van der Waals surface area contributed by atoms with Crippen molar-refractivity contribution in [2.75, 3.05) is 13.1 Å². The number of nitrogens with one attached hydrogen (secondary N) is 1. The fraction of sp³-hybridized carbons (Fsp3) is 0.400. The van der Waals surface area contributed by atoms with Gasteiger partial charge in [-0.3, -0.25) is 0 Å². The summed E-state index contributed by atoms with van der Waals surface area (Å²) >= 11 is 5.82. The van der Waals surface area contributed by atoms with Crippen molar-refractivity contribution in [2.45, 2.75) is 12.5 Å². The van der Waals surface area contributed by atoms with Crippen molar-refractivity contribution >= 4 is 11.6 Å². The van der Waals surface area contributed by atoms with E-state index in [0.29, 0.717) is 5.92 Å². The molecule has 1 heterocycles. The van der Waals surface area contributed by atoms with Crippen LogP contribution in [-0.4, -0.2) is 19.7 Å². The number of halogens is 3. The van der Waals surface area contributed by atoms with E-state index in [1.54, 1.807) is 12.1 Å². The van der Waals surface area contributed by atoms with Gasteiger partial charge in [0.05, 0.1) is 5.02 Å². The first-order chi connectivity index (χ1) is 7.16. The summed E-state index contributed by atoms with van der Waals surface area (Å²) in [5, 5.41) is 3.37. The molecule has 0 atom stereocenters. The highest BCUT2D eigenvalue weighted by Gasteiger charge is 2.20. The van der Waals surface area contributed by atoms with Gasteiger partial charge in [-0.25, -0.2) is 0 Å². The molecule has 82 valence electrons. The molecular weight excluding hydrogens is 224 g/mol. The largest absolute Gasteiger partial charge is 0.433 e. The number of benzene rings is 1. The molecule has 0 radical (unpaired) electrons. The minimum Gasteiger partial charge on any atom is -0.433 e. The molecule has 0 aliphatic carbocycles. The van der Waals surface area contributed by atoms with E-state index in [2.05, 4.69) is 10.1 Å². The molecule has 1 fully saturated rings. The quantitative estimate of drug-likeness (QED) is 0.867. The Balaban J connectivity index is 2.14. The van der Waals surface area contributed by atoms with Crippen LogP contribution in [0.2, 0.25) is 5.02 Å². The lowest BCUT2D eigenvalue weighted by molar-refractivity contribution is -0.0497. The standard InChI is InChI=1S/C10H10ClF2NO/c11-8-3-6(7-4-14-5-7)1-2-9(8)15-10(12)13/h1-3,7,10,14H,4-5H2. The van der Waals surface area contributed by atoms with Gasteiger partial charge in [0.15, 0.2) is 0 Å². The minimum atomic E-state index is -2.83. The lowest BCUT2D eigenvalue weighted by atomic mass is 9.94. The second kappa shape index (κ2) is 4.33. The van der Waals surface area contributed by atoms with Crippen molar-refractivity contribution in [1.82, 2.24) is 5.32 Å². The molecule has 15 heavy (non-hydrogen) atoms. The minimum absolute atomic E-state index is 0.0303. The summed E-state index contributed by atoms with van der Waals surface area (Å²) in [5.41, 5.74) is 1.06. The molecule has 2 nitrogen and oxygen atoms in total. The second-order valence-corrected chi connectivity index (χ2v) is 3.83. The topological polar surface area (TPSA) is 21.3 Å². The average molecular weight is 234 g/mol. The lowest BCUT2D eigenvalue weighted by Crippen LogP contribution is -2.39. The van der Waals surface area contributed by atoms with Crippen LogP contribution in [0.4, 0.5) is 8.78 Å². The van der Waals surface area contributed by atoms with Crippen molar-refractivity contribution in [3.63, 3.8) is 0 Å². The summed E-state index contributed by atoms with van der Waals surface area (Å²) in [6.45, 7) is -1.02. The molecular formula is C10H10ClF2NO. The van der Waals surface area contributed by atoms with Crippen LogP contribution >= 0.6 is 11.6 Å². The van der Waals surface area contributed by atoms with Gasteiger partial charge in [0, 0.05) is 19.0 Å². The molecule has 0 saturated carbocycles. The molecule has 1 aromatic rings. The van der Waals surface area contributed by atoms with Crippen molar-refractivity contribution in [2.24, 2.45) is 0 Å². The maximum Gasteiger partial charge on any atom is 0.387 e. The summed E-state index contributed by atoms with van der Waals surface area (Å²) in [7, 11) is 0. The predicted molar refractivity (Wildman–Crippen MR) is 53.7 cm³/mol. The molecule has 1 saturated heterocycles. The van der Waals surface area contributed by atoms with Crippen molar-refractivity contribution < 1.29 is 13.5 Å². The van der Waals surface area contributed by atoms with Gasteiger partial charge in [-0.05, 0) is 17.7 Å². The van der Waals surface area contributed by atoms with E-state index in [9.17, 15) is 8.78 Å². The first-order valence-electron chi connectivity index (χ1n) is 4.62. The first kappa shape index (κ1) is 10.6. The second-order valence-electron chi connectivity index (χ2n) is 3.42. The van der Waals surface area contributed by atoms with E-state index in [1.807, 2.05) is 0 Å². The zero-order chi connectivity index (χ0) is 10.8. The highest BCUT2D eigenvalue weighted by Crippen LogP contribution is 2.30. The van der Waals surface area contributed by atoms with Gasteiger partial charge in [0.1, 0.15) is 5.75 Å². The Morgan fingerprint density at radius 1 is 1.40 bits per heavy atom. The van der Waals surface area contributed by atoms with E-state index in [1.165, 1.54) is 6.07 Å². The molecule has 2 rings (SSSR count). The third-order valence-electron chi connectivity index (χ3n) is 2.42. The zero-order valence-corrected chi connectivity index (χ0v) is 8.60.